The SMILES string of the molecule is C.COc1cc(-c2cnc3c(Br)cc(C)cc3n2)cc(OC)c1OC.COc1cc(-c2cnc3cc(C)cc(-c4ccc(C(=O)N5CCOCC5)cc4)c3n2)cc(OC)c1OC.COc1cc(-c2cnc3cc(C)cc(Br)c3n2)cc(OC)c1OC.COc1cc(C(=O)C(O)O)cc(OC)c1OC.Cc1cc(N)c(N)c(Br)c1.O=C(c1ccc(B(O)O)cc1)N1CCOCC1. The molecule has 31 nitrogen and oxygen atoms in total. The number of hydrogen-bond donors (Lipinski definition) is 6. The molecule has 35 heteroatoms. The molecule has 0 bridgehead atoms. The van der Waals surface area contributed by atoms with Crippen LogP contribution < -0.4 is 73.8 Å². The van der Waals surface area contributed by atoms with Crippen LogP contribution in [0.2, 0.25) is 0 Å². The topological polar surface area (TPSA) is 397 Å². The van der Waals surface area contributed by atoms with Crippen molar-refractivity contribution in [3.05, 3.63) is 217 Å². The molecule has 13 aromatic rings. The Morgan fingerprint density at radius 3 is 1.09 bits per heavy atom. The third-order valence-corrected chi connectivity index (χ3v) is 22.0. The first-order valence-electron chi connectivity index (χ1n) is 39.9. The Morgan fingerprint density at radius 1 is 0.385 bits per heavy atom. The quantitative estimate of drug-likeness (QED) is 0.0168. The van der Waals surface area contributed by atoms with Crippen LogP contribution in [0.25, 0.3) is 78.0 Å². The van der Waals surface area contributed by atoms with Crippen molar-refractivity contribution in [2.75, 3.05) is 149 Å². The standard InChI is InChI=1S/C29H29N3O5.2C18H17BrN2O3.C11H14BNO4.C11H14O6.C7H9BrN2.CH4/c1-18-13-22(19-5-7-20(8-6-19)29(33)32-9-11-37-12-10-32)27-23(14-18)30-17-24(31-27)21-15-25(34-2)28(36-4)26(16-21)35-3;1-10-5-12(19)17-13(6-10)21-14(9-20-17)11-7-15(22-2)18(24-4)16(8-11)23-3;1-10-5-12(19)17-13(6-10)20-9-14(21-17)11-7-15(22-2)18(24-4)16(8-11)23-3;14-11(13-5-7-17-8-6-13)9-1-3-10(4-2-9)12(15)16;1-15-7-4-6(9(12)11(13)14)5-8(16-2)10(7)17-3;1-4-2-5(8)7(10)6(9)3-4;/h5-8,13-17H,9-12H2,1-4H3;2*5-9H,1-4H3;1-4,15-16H,5-8H2;4-5,11,13-14H,1-3H3;2-3H,9-10H2,1H3;1H4. The Hall–Kier alpha value is -12.7. The summed E-state index contributed by atoms with van der Waals surface area (Å²) in [5.74, 6) is 5.05. The van der Waals surface area contributed by atoms with Gasteiger partial charge in [-0.2, -0.15) is 0 Å². The van der Waals surface area contributed by atoms with E-state index in [4.69, 9.17) is 118 Å². The van der Waals surface area contributed by atoms with E-state index in [1.54, 1.807) is 112 Å². The number of aromatic nitrogens is 6. The summed E-state index contributed by atoms with van der Waals surface area (Å²) in [5.41, 5.74) is 29.9. The minimum absolute atomic E-state index is 0. The number of aliphatic hydroxyl groups excluding tert-OH is 1. The number of aliphatic hydroxyl groups is 2. The largest absolute Gasteiger partial charge is 0.493 e. The summed E-state index contributed by atoms with van der Waals surface area (Å²) >= 11 is 10.4. The van der Waals surface area contributed by atoms with Crippen molar-refractivity contribution in [2.24, 2.45) is 0 Å². The van der Waals surface area contributed by atoms with Gasteiger partial charge in [0.15, 0.2) is 46.0 Å². The Bertz CT molecular complexity index is 6010. The van der Waals surface area contributed by atoms with Gasteiger partial charge in [-0.3, -0.25) is 29.3 Å². The number of ketones is 1. The van der Waals surface area contributed by atoms with Gasteiger partial charge in [0.05, 0.1) is 181 Å². The second kappa shape index (κ2) is 47.6. The predicted molar refractivity (Wildman–Crippen MR) is 512 cm³/mol. The van der Waals surface area contributed by atoms with E-state index in [0.717, 1.165) is 108 Å². The molecule has 10 aromatic carbocycles. The van der Waals surface area contributed by atoms with Crippen LogP contribution in [0.1, 0.15) is 60.8 Å². The van der Waals surface area contributed by atoms with Crippen molar-refractivity contribution >= 4 is 122 Å². The number of Topliss-reactive ketones (excluding diaryl/α,β-unsaturated/α-hetero) is 1. The van der Waals surface area contributed by atoms with Gasteiger partial charge in [-0.05, 0) is 230 Å². The molecule has 2 saturated heterocycles. The van der Waals surface area contributed by atoms with Gasteiger partial charge in [0, 0.05) is 78.5 Å². The van der Waals surface area contributed by atoms with E-state index < -0.39 is 19.2 Å². The lowest BCUT2D eigenvalue weighted by Crippen LogP contribution is -2.40. The average Bonchev–Trinajstić information content (AvgIpc) is 0.766. The van der Waals surface area contributed by atoms with E-state index in [0.29, 0.717) is 144 Å². The molecule has 8 N–H and O–H groups in total. The van der Waals surface area contributed by atoms with Gasteiger partial charge < -0.3 is 108 Å². The lowest BCUT2D eigenvalue weighted by Gasteiger charge is -2.26. The number of methoxy groups -OCH3 is 12. The maximum absolute atomic E-state index is 12.9. The van der Waals surface area contributed by atoms with Gasteiger partial charge in [0.1, 0.15) is 11.0 Å². The molecule has 0 radical (unpaired) electrons. The van der Waals surface area contributed by atoms with Crippen LogP contribution in [0.15, 0.2) is 178 Å². The van der Waals surface area contributed by atoms with Gasteiger partial charge >= 0.3 is 7.12 Å². The number of morpholine rings is 2. The van der Waals surface area contributed by atoms with E-state index in [-0.39, 0.29) is 36.3 Å². The second-order valence-corrected chi connectivity index (χ2v) is 31.3. The van der Waals surface area contributed by atoms with Gasteiger partial charge in [0.25, 0.3) is 11.8 Å². The summed E-state index contributed by atoms with van der Waals surface area (Å²) in [5, 5.41) is 35.5. The smallest absolute Gasteiger partial charge is 0.488 e. The highest BCUT2D eigenvalue weighted by Crippen LogP contribution is 2.46. The molecular formula is C95H104BBr3N10O21. The van der Waals surface area contributed by atoms with Crippen LogP contribution in [-0.2, 0) is 9.47 Å². The maximum atomic E-state index is 12.9. The zero-order chi connectivity index (χ0) is 93.4. The number of nitrogen functional groups attached to an aromatic ring is 2. The number of ether oxygens (including phenoxy) is 14. The minimum atomic E-state index is -2.07. The molecule has 15 rings (SSSR count). The summed E-state index contributed by atoms with van der Waals surface area (Å²) < 4.78 is 77.2. The molecule has 0 atom stereocenters. The van der Waals surface area contributed by atoms with Crippen molar-refractivity contribution in [2.45, 2.75) is 41.4 Å². The lowest BCUT2D eigenvalue weighted by molar-refractivity contribution is -0.0195. The number of carbonyl (C=O) groups is 3. The van der Waals surface area contributed by atoms with Crippen LogP contribution in [0.5, 0.6) is 69.0 Å². The molecule has 2 amide bonds. The molecule has 684 valence electrons. The van der Waals surface area contributed by atoms with Crippen molar-refractivity contribution in [3.63, 3.8) is 0 Å². The number of aryl methyl sites for hydroxylation is 4. The molecule has 2 fully saturated rings. The highest BCUT2D eigenvalue weighted by molar-refractivity contribution is 9.11. The summed E-state index contributed by atoms with van der Waals surface area (Å²) in [4.78, 5) is 68.1. The summed E-state index contributed by atoms with van der Waals surface area (Å²) in [6.45, 7) is 12.8. The highest BCUT2D eigenvalue weighted by atomic mass is 79.9. The van der Waals surface area contributed by atoms with Crippen molar-refractivity contribution in [1.29, 1.82) is 0 Å². The number of nitrogens with two attached hydrogens (primary N) is 2. The van der Waals surface area contributed by atoms with E-state index >= 15 is 0 Å². The van der Waals surface area contributed by atoms with Crippen LogP contribution in [-0.4, -0.2) is 229 Å². The first kappa shape index (κ1) is 101. The second-order valence-electron chi connectivity index (χ2n) is 28.7. The van der Waals surface area contributed by atoms with E-state index in [1.165, 1.54) is 33.5 Å². The molecule has 5 heterocycles. The fourth-order valence-corrected chi connectivity index (χ4v) is 15.5. The van der Waals surface area contributed by atoms with Gasteiger partial charge in [-0.15, -0.1) is 0 Å². The highest BCUT2D eigenvalue weighted by Gasteiger charge is 2.26. The Labute approximate surface area is 779 Å². The fourth-order valence-electron chi connectivity index (χ4n) is 13.6. The minimum Gasteiger partial charge on any atom is -0.493 e. The molecule has 0 unspecified atom stereocenters. The molecule has 130 heavy (non-hydrogen) atoms. The summed E-state index contributed by atoms with van der Waals surface area (Å²) in [6, 6.07) is 43.8. The number of rotatable bonds is 21. The lowest BCUT2D eigenvalue weighted by atomic mass is 9.80. The van der Waals surface area contributed by atoms with Crippen molar-refractivity contribution in [1.82, 2.24) is 39.7 Å². The van der Waals surface area contributed by atoms with Gasteiger partial charge in [-0.25, -0.2) is 15.0 Å². The molecule has 2 aliphatic rings. The maximum Gasteiger partial charge on any atom is 0.488 e. The first-order chi connectivity index (χ1) is 62.0. The van der Waals surface area contributed by atoms with E-state index in [1.807, 2.05) is 136 Å². The van der Waals surface area contributed by atoms with Crippen LogP contribution in [0.4, 0.5) is 11.4 Å². The van der Waals surface area contributed by atoms with Crippen molar-refractivity contribution in [3.8, 4) is 114 Å². The number of anilines is 2. The summed E-state index contributed by atoms with van der Waals surface area (Å²) in [7, 11) is 17.0. The normalized spacial score (nSPS) is 11.9. The molecule has 0 saturated carbocycles. The average molecular weight is 1970 g/mol. The van der Waals surface area contributed by atoms with Gasteiger partial charge in [-0.1, -0.05) is 31.7 Å². The monoisotopic (exact) mass is 1970 g/mol. The Kier molecular flexibility index (Phi) is 37.0. The first-order valence-corrected chi connectivity index (χ1v) is 42.2. The molecular weight excluding hydrogens is 1870 g/mol. The van der Waals surface area contributed by atoms with Crippen LogP contribution in [0.3, 0.4) is 0 Å². The van der Waals surface area contributed by atoms with Crippen molar-refractivity contribution < 1.29 is 101 Å². The zero-order valence-electron chi connectivity index (χ0n) is 74.0. The third-order valence-electron chi connectivity index (χ3n) is 20.1. The number of nitrogens with zero attached hydrogens (tertiary/aromatic N) is 8. The number of carbonyl (C=O) groups excluding carboxylic acids is 3. The van der Waals surface area contributed by atoms with Crippen LogP contribution in [0, 0.1) is 27.7 Å². The number of halogens is 3. The predicted octanol–water partition coefficient (Wildman–Crippen LogP) is 15.2. The van der Waals surface area contributed by atoms with Gasteiger partial charge in [0.2, 0.25) is 35.1 Å². The molecule has 3 aromatic heterocycles. The number of amides is 2. The number of hydrogen-bond acceptors (Lipinski definition) is 29. The molecule has 0 aliphatic carbocycles. The number of benzene rings is 10. The number of fused-ring (bicyclic) bond motifs is 3. The molecule has 0 spiro atoms. The molecule has 2 aliphatic heterocycles. The fraction of sp³-hybridized carbons (Fsp3) is 0.274. The van der Waals surface area contributed by atoms with E-state index in [2.05, 4.69) is 63.8 Å². The Morgan fingerprint density at radius 2 is 0.715 bits per heavy atom. The Balaban J connectivity index is 0.000000183. The summed E-state index contributed by atoms with van der Waals surface area (Å²) in [6.07, 6.45) is 3.16. The third kappa shape index (κ3) is 24.8. The van der Waals surface area contributed by atoms with Crippen LogP contribution >= 0.6 is 47.8 Å². The zero-order valence-corrected chi connectivity index (χ0v) is 78.8. The van der Waals surface area contributed by atoms with E-state index in [9.17, 15) is 14.4 Å².